The molecule has 1 aromatic carbocycles. The highest BCUT2D eigenvalue weighted by atomic mass is 35.5. The number of nitrogens with zero attached hydrogens (tertiary/aromatic N) is 1. The van der Waals surface area contributed by atoms with Crippen molar-refractivity contribution >= 4 is 34.8 Å². The molecule has 5 nitrogen and oxygen atoms in total. The number of carboxylic acids is 1. The Morgan fingerprint density at radius 1 is 1.20 bits per heavy atom. The van der Waals surface area contributed by atoms with Gasteiger partial charge in [-0.25, -0.2) is 4.98 Å². The number of halogens is 1. The Labute approximate surface area is 155 Å². The number of thiazole rings is 1. The average molecular weight is 379 g/mol. The van der Waals surface area contributed by atoms with Gasteiger partial charge in [0.2, 0.25) is 5.91 Å². The van der Waals surface area contributed by atoms with Crippen LogP contribution in [0.5, 0.6) is 0 Å². The topological polar surface area (TPSA) is 79.3 Å². The first kappa shape index (κ1) is 17.9. The predicted molar refractivity (Wildman–Crippen MR) is 97.4 cm³/mol. The van der Waals surface area contributed by atoms with Crippen molar-refractivity contribution in [2.24, 2.45) is 23.7 Å². The van der Waals surface area contributed by atoms with Gasteiger partial charge in [-0.2, -0.15) is 0 Å². The molecule has 3 rings (SSSR count). The maximum absolute atomic E-state index is 12.4. The molecule has 0 radical (unpaired) electrons. The fraction of sp³-hybridized carbons (Fsp3) is 0.389. The minimum Gasteiger partial charge on any atom is -0.481 e. The zero-order valence-corrected chi connectivity index (χ0v) is 15.5. The minimum atomic E-state index is -0.895. The van der Waals surface area contributed by atoms with Gasteiger partial charge >= 0.3 is 5.97 Å². The molecule has 2 aromatic rings. The van der Waals surface area contributed by atoms with E-state index < -0.39 is 17.8 Å². The molecule has 1 saturated carbocycles. The highest BCUT2D eigenvalue weighted by molar-refractivity contribution is 7.15. The van der Waals surface area contributed by atoms with Gasteiger partial charge in [-0.3, -0.25) is 9.59 Å². The molecule has 132 valence electrons. The summed E-state index contributed by atoms with van der Waals surface area (Å²) in [6, 6.07) is 7.42. The zero-order chi connectivity index (χ0) is 18.1. The zero-order valence-electron chi connectivity index (χ0n) is 13.9. The number of carboxylic acid groups (broad SMARTS) is 1. The molecule has 1 aliphatic rings. The van der Waals surface area contributed by atoms with Crippen LogP contribution in [0.25, 0.3) is 10.6 Å². The van der Waals surface area contributed by atoms with E-state index in [-0.39, 0.29) is 17.7 Å². The molecule has 1 aromatic heterocycles. The molecule has 1 amide bonds. The van der Waals surface area contributed by atoms with Crippen molar-refractivity contribution < 1.29 is 14.7 Å². The van der Waals surface area contributed by atoms with E-state index in [9.17, 15) is 14.7 Å². The Bertz CT molecular complexity index is 790. The van der Waals surface area contributed by atoms with E-state index >= 15 is 0 Å². The Morgan fingerprint density at radius 2 is 1.84 bits per heavy atom. The first-order chi connectivity index (χ1) is 11.9. The molecule has 2 N–H and O–H groups in total. The lowest BCUT2D eigenvalue weighted by Gasteiger charge is -2.45. The third-order valence-electron chi connectivity index (χ3n) is 5.02. The smallest absolute Gasteiger partial charge is 0.307 e. The molecule has 2 unspecified atom stereocenters. The van der Waals surface area contributed by atoms with Crippen LogP contribution in [0.3, 0.4) is 0 Å². The van der Waals surface area contributed by atoms with Crippen LogP contribution in [0.2, 0.25) is 5.02 Å². The van der Waals surface area contributed by atoms with E-state index in [2.05, 4.69) is 10.3 Å². The Kier molecular flexibility index (Phi) is 5.11. The number of nitrogens with one attached hydrogen (secondary N) is 1. The number of hydrogen-bond donors (Lipinski definition) is 2. The Hall–Kier alpha value is -1.92. The fourth-order valence-corrected chi connectivity index (χ4v) is 4.33. The van der Waals surface area contributed by atoms with Gasteiger partial charge in [0.25, 0.3) is 0 Å². The molecule has 25 heavy (non-hydrogen) atoms. The normalized spacial score (nSPS) is 25.2. The van der Waals surface area contributed by atoms with Gasteiger partial charge in [-0.05, 0) is 24.0 Å². The monoisotopic (exact) mass is 378 g/mol. The highest BCUT2D eigenvalue weighted by Crippen LogP contribution is 2.46. The van der Waals surface area contributed by atoms with E-state index in [0.29, 0.717) is 11.6 Å². The van der Waals surface area contributed by atoms with Gasteiger partial charge in [0.15, 0.2) is 0 Å². The van der Waals surface area contributed by atoms with Crippen molar-refractivity contribution in [1.29, 1.82) is 0 Å². The fourth-order valence-electron chi connectivity index (χ4n) is 3.35. The molecule has 0 bridgehead atoms. The largest absolute Gasteiger partial charge is 0.481 e. The first-order valence-corrected chi connectivity index (χ1v) is 9.29. The van der Waals surface area contributed by atoms with Crippen LogP contribution in [-0.2, 0) is 16.1 Å². The summed E-state index contributed by atoms with van der Waals surface area (Å²) in [6.45, 7) is 4.17. The second-order valence-corrected chi connectivity index (χ2v) is 8.02. The second-order valence-electron chi connectivity index (χ2n) is 6.46. The van der Waals surface area contributed by atoms with Gasteiger partial charge in [-0.15, -0.1) is 11.3 Å². The lowest BCUT2D eigenvalue weighted by Crippen LogP contribution is -2.54. The van der Waals surface area contributed by atoms with Crippen LogP contribution in [0.4, 0.5) is 0 Å². The van der Waals surface area contributed by atoms with Crippen molar-refractivity contribution in [1.82, 2.24) is 10.3 Å². The summed E-state index contributed by atoms with van der Waals surface area (Å²) in [5.41, 5.74) is 0.972. The predicted octanol–water partition coefficient (Wildman–Crippen LogP) is 3.68. The highest BCUT2D eigenvalue weighted by Gasteiger charge is 2.52. The first-order valence-electron chi connectivity index (χ1n) is 8.09. The molecular weight excluding hydrogens is 360 g/mol. The van der Waals surface area contributed by atoms with Gasteiger partial charge in [0.05, 0.1) is 18.4 Å². The average Bonchev–Trinajstić information content (AvgIpc) is 3.05. The van der Waals surface area contributed by atoms with Crippen LogP contribution in [0, 0.1) is 23.7 Å². The summed E-state index contributed by atoms with van der Waals surface area (Å²) < 4.78 is 0. The van der Waals surface area contributed by atoms with Gasteiger partial charge in [0, 0.05) is 21.7 Å². The third kappa shape index (κ3) is 3.55. The van der Waals surface area contributed by atoms with Gasteiger partial charge in [0.1, 0.15) is 5.01 Å². The third-order valence-corrected chi connectivity index (χ3v) is 6.32. The molecule has 1 aliphatic carbocycles. The van der Waals surface area contributed by atoms with Crippen LogP contribution in [-0.4, -0.2) is 22.0 Å². The molecule has 4 atom stereocenters. The van der Waals surface area contributed by atoms with E-state index in [4.69, 9.17) is 11.6 Å². The number of aromatic nitrogens is 1. The van der Waals surface area contributed by atoms with Crippen molar-refractivity contribution in [3.8, 4) is 10.6 Å². The number of aliphatic carboxylic acids is 1. The van der Waals surface area contributed by atoms with Crippen molar-refractivity contribution in [2.75, 3.05) is 0 Å². The molecule has 0 spiro atoms. The number of carbonyl (C=O) groups is 2. The molecule has 1 heterocycles. The Morgan fingerprint density at radius 3 is 2.48 bits per heavy atom. The maximum atomic E-state index is 12.4. The van der Waals surface area contributed by atoms with Crippen LogP contribution < -0.4 is 5.32 Å². The maximum Gasteiger partial charge on any atom is 0.307 e. The summed E-state index contributed by atoms with van der Waals surface area (Å²) in [6.07, 6.45) is 1.73. The summed E-state index contributed by atoms with van der Waals surface area (Å²) in [4.78, 5) is 29.0. The lowest BCUT2D eigenvalue weighted by atomic mass is 9.57. The number of carbonyl (C=O) groups excluding carboxylic acids is 1. The molecule has 7 heteroatoms. The SMILES string of the molecule is CC1C(C)[C@H](C(=O)NCc2cnc(-c3ccc(Cl)cc3)s2)[C@@H]1C(=O)O. The number of amides is 1. The number of hydrogen-bond acceptors (Lipinski definition) is 4. The minimum absolute atomic E-state index is 0.0214. The van der Waals surface area contributed by atoms with Gasteiger partial charge in [-0.1, -0.05) is 37.6 Å². The summed E-state index contributed by atoms with van der Waals surface area (Å²) in [5, 5.41) is 13.7. The number of benzene rings is 1. The van der Waals surface area contributed by atoms with Crippen LogP contribution >= 0.6 is 22.9 Å². The molecule has 1 fully saturated rings. The van der Waals surface area contributed by atoms with E-state index in [1.54, 1.807) is 6.20 Å². The molecule has 0 aliphatic heterocycles. The van der Waals surface area contributed by atoms with Gasteiger partial charge < -0.3 is 10.4 Å². The van der Waals surface area contributed by atoms with E-state index in [0.717, 1.165) is 15.4 Å². The summed E-state index contributed by atoms with van der Waals surface area (Å²) >= 11 is 7.38. The molecular formula is C18H19ClN2O3S. The Balaban J connectivity index is 1.61. The van der Waals surface area contributed by atoms with Crippen LogP contribution in [0.15, 0.2) is 30.5 Å². The number of rotatable bonds is 5. The van der Waals surface area contributed by atoms with E-state index in [1.807, 2.05) is 38.1 Å². The standard InChI is InChI=1S/C18H19ClN2O3S/c1-9-10(2)15(18(23)24)14(9)16(22)20-7-13-8-21-17(25-13)11-3-5-12(19)6-4-11/h3-6,8-10,14-15H,7H2,1-2H3,(H,20,22)(H,23,24)/t9?,10?,14-,15+/m0/s1. The summed E-state index contributed by atoms with van der Waals surface area (Å²) in [5.74, 6) is -2.05. The van der Waals surface area contributed by atoms with Crippen LogP contribution in [0.1, 0.15) is 18.7 Å². The van der Waals surface area contributed by atoms with Crippen molar-refractivity contribution in [2.45, 2.75) is 20.4 Å². The van der Waals surface area contributed by atoms with Crippen molar-refractivity contribution in [3.63, 3.8) is 0 Å². The second kappa shape index (κ2) is 7.14. The summed E-state index contributed by atoms with van der Waals surface area (Å²) in [7, 11) is 0. The molecule has 0 saturated heterocycles. The van der Waals surface area contributed by atoms with Crippen molar-refractivity contribution in [3.05, 3.63) is 40.4 Å². The quantitative estimate of drug-likeness (QED) is 0.831. The lowest BCUT2D eigenvalue weighted by molar-refractivity contribution is -0.164. The van der Waals surface area contributed by atoms with E-state index in [1.165, 1.54) is 11.3 Å².